The zero-order valence-corrected chi connectivity index (χ0v) is 13.8. The molecule has 120 valence electrons. The molecule has 3 N–H and O–H groups in total. The number of halogens is 2. The molecule has 0 radical (unpaired) electrons. The monoisotopic (exact) mass is 364 g/mol. The maximum absolute atomic E-state index is 10.2. The Morgan fingerprint density at radius 3 is 2.55 bits per heavy atom. The zero-order valence-electron chi connectivity index (χ0n) is 11.5. The van der Waals surface area contributed by atoms with Crippen LogP contribution in [0.25, 0.3) is 11.0 Å². The Morgan fingerprint density at radius 1 is 1.27 bits per heavy atom. The maximum Gasteiger partial charge on any atom is 0.170 e. The second-order valence-corrected chi connectivity index (χ2v) is 6.54. The lowest BCUT2D eigenvalue weighted by atomic mass is 10.1. The highest BCUT2D eigenvalue weighted by molar-refractivity contribution is 7.98. The first-order chi connectivity index (χ1) is 10.5. The molecule has 2 aromatic rings. The molecule has 0 saturated carbocycles. The lowest BCUT2D eigenvalue weighted by Gasteiger charge is -2.19. The summed E-state index contributed by atoms with van der Waals surface area (Å²) in [5.74, 6) is 0. The van der Waals surface area contributed by atoms with E-state index in [1.54, 1.807) is 16.7 Å². The number of hydrogen-bond donors (Lipinski definition) is 3. The van der Waals surface area contributed by atoms with Crippen LogP contribution in [0.15, 0.2) is 17.3 Å². The quantitative estimate of drug-likeness (QED) is 0.718. The standard InChI is InChI=1S/C13H14Cl2N2O4S/c1-22-13-16-7-2-5(14)6(15)3-8(7)17(13)12-11(20)10(19)9(4-18)21-12/h2-3,9-12,18-20H,4H2,1H3/t9-,10+,11+,12?/m1/s1. The normalized spacial score (nSPS) is 28.6. The van der Waals surface area contributed by atoms with Gasteiger partial charge in [0.15, 0.2) is 11.4 Å². The van der Waals surface area contributed by atoms with Gasteiger partial charge in [-0.15, -0.1) is 0 Å². The van der Waals surface area contributed by atoms with Crippen LogP contribution in [0.5, 0.6) is 0 Å². The van der Waals surface area contributed by atoms with Crippen molar-refractivity contribution < 1.29 is 20.1 Å². The largest absolute Gasteiger partial charge is 0.394 e. The summed E-state index contributed by atoms with van der Waals surface area (Å²) in [6.45, 7) is -0.386. The lowest BCUT2D eigenvalue weighted by molar-refractivity contribution is -0.0545. The first-order valence-electron chi connectivity index (χ1n) is 6.51. The molecule has 1 aliphatic heterocycles. The van der Waals surface area contributed by atoms with Gasteiger partial charge in [0.25, 0.3) is 0 Å². The van der Waals surface area contributed by atoms with Crippen molar-refractivity contribution in [1.29, 1.82) is 0 Å². The Hall–Kier alpha value is -0.540. The van der Waals surface area contributed by atoms with E-state index < -0.39 is 24.5 Å². The van der Waals surface area contributed by atoms with Crippen molar-refractivity contribution in [2.24, 2.45) is 0 Å². The van der Waals surface area contributed by atoms with E-state index in [1.807, 2.05) is 6.26 Å². The molecule has 1 fully saturated rings. The van der Waals surface area contributed by atoms with Crippen LogP contribution in [-0.2, 0) is 4.74 Å². The zero-order chi connectivity index (χ0) is 16.0. The molecule has 4 atom stereocenters. The smallest absolute Gasteiger partial charge is 0.170 e. The first-order valence-corrected chi connectivity index (χ1v) is 8.49. The van der Waals surface area contributed by atoms with Gasteiger partial charge >= 0.3 is 0 Å². The average molecular weight is 365 g/mol. The summed E-state index contributed by atoms with van der Waals surface area (Å²) in [6, 6.07) is 3.28. The van der Waals surface area contributed by atoms with E-state index in [0.29, 0.717) is 26.2 Å². The van der Waals surface area contributed by atoms with Crippen LogP contribution in [0.1, 0.15) is 6.23 Å². The molecule has 0 amide bonds. The number of thioether (sulfide) groups is 1. The minimum Gasteiger partial charge on any atom is -0.394 e. The summed E-state index contributed by atoms with van der Waals surface area (Å²) < 4.78 is 7.24. The van der Waals surface area contributed by atoms with Gasteiger partial charge < -0.3 is 20.1 Å². The molecule has 1 unspecified atom stereocenters. The highest BCUT2D eigenvalue weighted by Gasteiger charge is 2.44. The van der Waals surface area contributed by atoms with Gasteiger partial charge in [0, 0.05) is 0 Å². The van der Waals surface area contributed by atoms with Crippen molar-refractivity contribution in [3.63, 3.8) is 0 Å². The molecule has 1 aromatic heterocycles. The van der Waals surface area contributed by atoms with Crippen LogP contribution in [0.4, 0.5) is 0 Å². The Bertz CT molecular complexity index is 711. The molecule has 0 aliphatic carbocycles. The van der Waals surface area contributed by atoms with E-state index in [-0.39, 0.29) is 6.61 Å². The van der Waals surface area contributed by atoms with Crippen LogP contribution in [0.3, 0.4) is 0 Å². The summed E-state index contributed by atoms with van der Waals surface area (Å²) in [6.07, 6.45) is -2.24. The summed E-state index contributed by atoms with van der Waals surface area (Å²) in [5, 5.41) is 30.7. The van der Waals surface area contributed by atoms with E-state index in [9.17, 15) is 15.3 Å². The van der Waals surface area contributed by atoms with E-state index in [0.717, 1.165) is 0 Å². The number of fused-ring (bicyclic) bond motifs is 1. The Morgan fingerprint density at radius 2 is 1.95 bits per heavy atom. The van der Waals surface area contributed by atoms with Gasteiger partial charge in [0.05, 0.1) is 27.7 Å². The molecule has 22 heavy (non-hydrogen) atoms. The Kier molecular flexibility index (Phi) is 4.57. The van der Waals surface area contributed by atoms with Gasteiger partial charge in [-0.25, -0.2) is 4.98 Å². The average Bonchev–Trinajstić information content (AvgIpc) is 2.98. The third-order valence-electron chi connectivity index (χ3n) is 3.65. The van der Waals surface area contributed by atoms with Crippen molar-refractivity contribution in [3.8, 4) is 0 Å². The highest BCUT2D eigenvalue weighted by atomic mass is 35.5. The number of aliphatic hydroxyl groups is 3. The van der Waals surface area contributed by atoms with Gasteiger partial charge in [0.1, 0.15) is 18.3 Å². The van der Waals surface area contributed by atoms with E-state index >= 15 is 0 Å². The topological polar surface area (TPSA) is 87.7 Å². The number of aliphatic hydroxyl groups excluding tert-OH is 3. The number of benzene rings is 1. The number of rotatable bonds is 3. The second-order valence-electron chi connectivity index (χ2n) is 4.95. The maximum atomic E-state index is 10.2. The molecule has 9 heteroatoms. The molecule has 1 aliphatic rings. The van der Waals surface area contributed by atoms with Crippen molar-refractivity contribution >= 4 is 46.0 Å². The lowest BCUT2D eigenvalue weighted by Crippen LogP contribution is -2.33. The molecule has 2 heterocycles. The fourth-order valence-electron chi connectivity index (χ4n) is 2.55. The Labute approximate surface area is 140 Å². The molecule has 0 bridgehead atoms. The van der Waals surface area contributed by atoms with Gasteiger partial charge in [0.2, 0.25) is 0 Å². The van der Waals surface area contributed by atoms with Gasteiger partial charge in [-0.05, 0) is 18.4 Å². The number of aromatic nitrogens is 2. The van der Waals surface area contributed by atoms with Crippen LogP contribution < -0.4 is 0 Å². The first kappa shape index (κ1) is 16.3. The summed E-state index contributed by atoms with van der Waals surface area (Å²) in [7, 11) is 0. The summed E-state index contributed by atoms with van der Waals surface area (Å²) in [4.78, 5) is 4.44. The summed E-state index contributed by atoms with van der Waals surface area (Å²) in [5.41, 5.74) is 1.24. The molecule has 6 nitrogen and oxygen atoms in total. The van der Waals surface area contributed by atoms with Crippen molar-refractivity contribution in [2.75, 3.05) is 12.9 Å². The van der Waals surface area contributed by atoms with Gasteiger partial charge in [-0.2, -0.15) is 0 Å². The fraction of sp³-hybridized carbons (Fsp3) is 0.462. The van der Waals surface area contributed by atoms with E-state index in [2.05, 4.69) is 4.98 Å². The van der Waals surface area contributed by atoms with Crippen LogP contribution in [0, 0.1) is 0 Å². The SMILES string of the molecule is CSc1nc2cc(Cl)c(Cl)cc2n1C1O[C@H](CO)[C@H](O)[C@@H]1O. The van der Waals surface area contributed by atoms with Gasteiger partial charge in [-0.1, -0.05) is 35.0 Å². The Balaban J connectivity index is 2.15. The number of ether oxygens (including phenoxy) is 1. The van der Waals surface area contributed by atoms with Crippen LogP contribution in [0.2, 0.25) is 10.0 Å². The number of hydrogen-bond acceptors (Lipinski definition) is 6. The molecule has 0 spiro atoms. The number of imidazole rings is 1. The molecular formula is C13H14Cl2N2O4S. The predicted molar refractivity (Wildman–Crippen MR) is 84.5 cm³/mol. The fourth-order valence-corrected chi connectivity index (χ4v) is 3.46. The highest BCUT2D eigenvalue weighted by Crippen LogP contribution is 2.37. The van der Waals surface area contributed by atoms with E-state index in [4.69, 9.17) is 27.9 Å². The van der Waals surface area contributed by atoms with E-state index in [1.165, 1.54) is 11.8 Å². The molecule has 1 aromatic carbocycles. The second kappa shape index (κ2) is 6.16. The number of nitrogens with zero attached hydrogens (tertiary/aromatic N) is 2. The predicted octanol–water partition coefficient (Wildman–Crippen LogP) is 1.68. The van der Waals surface area contributed by atoms with Crippen molar-refractivity contribution in [3.05, 3.63) is 22.2 Å². The third-order valence-corrected chi connectivity index (χ3v) is 5.03. The molecule has 1 saturated heterocycles. The third kappa shape index (κ3) is 2.50. The summed E-state index contributed by atoms with van der Waals surface area (Å²) >= 11 is 13.4. The molecule has 3 rings (SSSR count). The minimum atomic E-state index is -1.19. The van der Waals surface area contributed by atoms with Crippen LogP contribution in [-0.4, -0.2) is 56.0 Å². The van der Waals surface area contributed by atoms with Crippen LogP contribution >= 0.6 is 35.0 Å². The van der Waals surface area contributed by atoms with Crippen molar-refractivity contribution in [1.82, 2.24) is 9.55 Å². The van der Waals surface area contributed by atoms with Gasteiger partial charge in [-0.3, -0.25) is 4.57 Å². The minimum absolute atomic E-state index is 0.356. The molecular weight excluding hydrogens is 351 g/mol. The van der Waals surface area contributed by atoms with Crippen molar-refractivity contribution in [2.45, 2.75) is 29.7 Å².